The highest BCUT2D eigenvalue weighted by atomic mass is 32.2. The molecule has 1 aliphatic carbocycles. The van der Waals surface area contributed by atoms with Crippen LogP contribution < -0.4 is 15.0 Å². The number of benzene rings is 2. The van der Waals surface area contributed by atoms with Crippen LogP contribution in [0.15, 0.2) is 52.3 Å². The number of thioether (sulfide) groups is 1. The van der Waals surface area contributed by atoms with Crippen molar-refractivity contribution in [2.24, 2.45) is 0 Å². The second-order valence-corrected chi connectivity index (χ2v) is 8.79. The summed E-state index contributed by atoms with van der Waals surface area (Å²) < 4.78 is 5.40. The first-order valence-corrected chi connectivity index (χ1v) is 11.1. The Kier molecular flexibility index (Phi) is 6.13. The number of carbonyl (C=O) groups excluding carboxylic acids is 2. The minimum atomic E-state index is -0.0942. The summed E-state index contributed by atoms with van der Waals surface area (Å²) in [5.41, 5.74) is 2.21. The number of para-hydroxylation sites is 1. The Morgan fingerprint density at radius 1 is 1.17 bits per heavy atom. The van der Waals surface area contributed by atoms with Gasteiger partial charge >= 0.3 is 0 Å². The van der Waals surface area contributed by atoms with Crippen molar-refractivity contribution in [3.8, 4) is 5.75 Å². The van der Waals surface area contributed by atoms with Crippen molar-refractivity contribution in [2.75, 3.05) is 19.1 Å². The SMILES string of the molecule is COc1ccccc1C=C1Sc2ccc(C(=O)NC3CCCCC3)cc2N(C)C1=O. The van der Waals surface area contributed by atoms with E-state index in [0.29, 0.717) is 10.5 Å². The standard InChI is InChI=1S/C24H26N2O3S/c1-26-19-14-17(23(27)25-18-9-4-3-5-10-18)12-13-21(19)30-22(24(26)28)15-16-8-6-7-11-20(16)29-2/h6-8,11-15,18H,3-5,9-10H2,1-2H3,(H,25,27). The number of carbonyl (C=O) groups is 2. The normalized spacial score (nSPS) is 18.3. The van der Waals surface area contributed by atoms with E-state index in [1.54, 1.807) is 19.1 Å². The van der Waals surface area contributed by atoms with E-state index in [1.807, 2.05) is 48.5 Å². The van der Waals surface area contributed by atoms with Gasteiger partial charge in [0.1, 0.15) is 5.75 Å². The Morgan fingerprint density at radius 2 is 1.93 bits per heavy atom. The number of fused-ring (bicyclic) bond motifs is 1. The second-order valence-electron chi connectivity index (χ2n) is 7.71. The number of methoxy groups -OCH3 is 1. The first-order valence-electron chi connectivity index (χ1n) is 10.3. The maximum Gasteiger partial charge on any atom is 0.264 e. The van der Waals surface area contributed by atoms with Crippen LogP contribution in [0.2, 0.25) is 0 Å². The lowest BCUT2D eigenvalue weighted by Crippen LogP contribution is -2.36. The fraction of sp³-hybridized carbons (Fsp3) is 0.333. The lowest BCUT2D eigenvalue weighted by molar-refractivity contribution is -0.114. The van der Waals surface area contributed by atoms with Crippen molar-refractivity contribution >= 4 is 35.3 Å². The topological polar surface area (TPSA) is 58.6 Å². The van der Waals surface area contributed by atoms with Gasteiger partial charge in [0.05, 0.1) is 17.7 Å². The van der Waals surface area contributed by atoms with Crippen LogP contribution in [0.5, 0.6) is 5.75 Å². The predicted octanol–water partition coefficient (Wildman–Crippen LogP) is 4.87. The third kappa shape index (κ3) is 4.24. The Labute approximate surface area is 181 Å². The lowest BCUT2D eigenvalue weighted by Gasteiger charge is -2.28. The molecule has 2 aromatic rings. The number of hydrogen-bond acceptors (Lipinski definition) is 4. The van der Waals surface area contributed by atoms with Crippen molar-refractivity contribution in [3.05, 3.63) is 58.5 Å². The number of rotatable bonds is 4. The molecule has 0 bridgehead atoms. The smallest absolute Gasteiger partial charge is 0.264 e. The van der Waals surface area contributed by atoms with Crippen LogP contribution in [-0.2, 0) is 4.79 Å². The molecule has 0 aromatic heterocycles. The van der Waals surface area contributed by atoms with Gasteiger partial charge in [0.2, 0.25) is 0 Å². The van der Waals surface area contributed by atoms with Crippen molar-refractivity contribution in [3.63, 3.8) is 0 Å². The number of nitrogens with one attached hydrogen (secondary N) is 1. The zero-order chi connectivity index (χ0) is 21.1. The minimum absolute atomic E-state index is 0.0640. The maximum absolute atomic E-state index is 13.0. The minimum Gasteiger partial charge on any atom is -0.496 e. The summed E-state index contributed by atoms with van der Waals surface area (Å²) in [6.07, 6.45) is 7.54. The molecule has 2 aromatic carbocycles. The summed E-state index contributed by atoms with van der Waals surface area (Å²) in [5.74, 6) is 0.565. The maximum atomic E-state index is 13.0. The molecule has 2 aliphatic rings. The van der Waals surface area contributed by atoms with Crippen LogP contribution in [-0.4, -0.2) is 32.0 Å². The van der Waals surface area contributed by atoms with Crippen LogP contribution in [0.1, 0.15) is 48.0 Å². The molecule has 30 heavy (non-hydrogen) atoms. The van der Waals surface area contributed by atoms with Gasteiger partial charge in [-0.3, -0.25) is 9.59 Å². The molecule has 1 N–H and O–H groups in total. The fourth-order valence-electron chi connectivity index (χ4n) is 3.98. The molecule has 0 radical (unpaired) electrons. The highest BCUT2D eigenvalue weighted by molar-refractivity contribution is 8.04. The van der Waals surface area contributed by atoms with Gasteiger partial charge in [0, 0.05) is 29.1 Å². The molecule has 2 amide bonds. The van der Waals surface area contributed by atoms with Crippen LogP contribution >= 0.6 is 11.8 Å². The molecular weight excluding hydrogens is 396 g/mol. The molecule has 1 aliphatic heterocycles. The monoisotopic (exact) mass is 422 g/mol. The summed E-state index contributed by atoms with van der Waals surface area (Å²) in [5, 5.41) is 3.15. The van der Waals surface area contributed by atoms with Crippen molar-refractivity contribution in [1.29, 1.82) is 0 Å². The van der Waals surface area contributed by atoms with Gasteiger partial charge in [-0.1, -0.05) is 49.2 Å². The van der Waals surface area contributed by atoms with Crippen LogP contribution in [0.25, 0.3) is 6.08 Å². The highest BCUT2D eigenvalue weighted by Gasteiger charge is 2.28. The predicted molar refractivity (Wildman–Crippen MR) is 121 cm³/mol. The van der Waals surface area contributed by atoms with Gasteiger partial charge in [-0.15, -0.1) is 0 Å². The van der Waals surface area contributed by atoms with Crippen molar-refractivity contribution in [1.82, 2.24) is 5.32 Å². The number of ether oxygens (including phenoxy) is 1. The van der Waals surface area contributed by atoms with E-state index in [0.717, 1.165) is 34.7 Å². The summed E-state index contributed by atoms with van der Waals surface area (Å²) in [6, 6.07) is 13.5. The Morgan fingerprint density at radius 3 is 2.70 bits per heavy atom. The zero-order valence-electron chi connectivity index (χ0n) is 17.3. The van der Waals surface area contributed by atoms with E-state index >= 15 is 0 Å². The van der Waals surface area contributed by atoms with Gasteiger partial charge in [-0.2, -0.15) is 0 Å². The number of anilines is 1. The first kappa shape index (κ1) is 20.5. The summed E-state index contributed by atoms with van der Waals surface area (Å²) in [4.78, 5) is 28.9. The van der Waals surface area contributed by atoms with E-state index in [1.165, 1.54) is 31.0 Å². The van der Waals surface area contributed by atoms with Crippen molar-refractivity contribution < 1.29 is 14.3 Å². The fourth-order valence-corrected chi connectivity index (χ4v) is 5.06. The van der Waals surface area contributed by atoms with Crippen molar-refractivity contribution in [2.45, 2.75) is 43.0 Å². The van der Waals surface area contributed by atoms with Crippen LogP contribution in [0, 0.1) is 0 Å². The molecular formula is C24H26N2O3S. The van der Waals surface area contributed by atoms with E-state index in [2.05, 4.69) is 5.32 Å². The van der Waals surface area contributed by atoms with Crippen LogP contribution in [0.3, 0.4) is 0 Å². The Bertz CT molecular complexity index is 996. The Balaban J connectivity index is 1.57. The average molecular weight is 423 g/mol. The molecule has 156 valence electrons. The third-order valence-electron chi connectivity index (χ3n) is 5.68. The molecule has 5 nitrogen and oxygen atoms in total. The number of likely N-dealkylation sites (N-methyl/N-ethyl adjacent to an activating group) is 1. The molecule has 1 heterocycles. The van der Waals surface area contributed by atoms with Crippen LogP contribution in [0.4, 0.5) is 5.69 Å². The summed E-state index contributed by atoms with van der Waals surface area (Å²) in [7, 11) is 3.37. The molecule has 0 atom stereocenters. The van der Waals surface area contributed by atoms with Gasteiger partial charge < -0.3 is 15.0 Å². The number of hydrogen-bond donors (Lipinski definition) is 1. The van der Waals surface area contributed by atoms with E-state index in [-0.39, 0.29) is 17.9 Å². The first-order chi connectivity index (χ1) is 14.6. The molecule has 0 saturated heterocycles. The molecule has 0 unspecified atom stereocenters. The van der Waals surface area contributed by atoms with Gasteiger partial charge in [-0.05, 0) is 43.2 Å². The van der Waals surface area contributed by atoms with Gasteiger partial charge in [0.15, 0.2) is 0 Å². The van der Waals surface area contributed by atoms with E-state index in [4.69, 9.17) is 4.74 Å². The van der Waals surface area contributed by atoms with Gasteiger partial charge in [0.25, 0.3) is 11.8 Å². The molecule has 6 heteroatoms. The van der Waals surface area contributed by atoms with E-state index < -0.39 is 0 Å². The lowest BCUT2D eigenvalue weighted by atomic mass is 9.95. The highest BCUT2D eigenvalue weighted by Crippen LogP contribution is 2.42. The number of nitrogens with zero attached hydrogens (tertiary/aromatic N) is 1. The molecule has 1 saturated carbocycles. The second kappa shape index (κ2) is 8.96. The van der Waals surface area contributed by atoms with Gasteiger partial charge in [-0.25, -0.2) is 0 Å². The Hall–Kier alpha value is -2.73. The molecule has 4 rings (SSSR count). The largest absolute Gasteiger partial charge is 0.496 e. The number of amides is 2. The van der Waals surface area contributed by atoms with E-state index in [9.17, 15) is 9.59 Å². The average Bonchev–Trinajstić information content (AvgIpc) is 2.78. The zero-order valence-corrected chi connectivity index (χ0v) is 18.1. The quantitative estimate of drug-likeness (QED) is 0.715. The molecule has 0 spiro atoms. The summed E-state index contributed by atoms with van der Waals surface area (Å²) in [6.45, 7) is 0. The third-order valence-corrected chi connectivity index (χ3v) is 6.76. The summed E-state index contributed by atoms with van der Waals surface area (Å²) >= 11 is 1.42. The molecule has 1 fully saturated rings.